The molecular formula is C16H23F3N4S. The van der Waals surface area contributed by atoms with Crippen molar-refractivity contribution in [2.45, 2.75) is 51.4 Å². The summed E-state index contributed by atoms with van der Waals surface area (Å²) >= 11 is 1.08. The van der Waals surface area contributed by atoms with E-state index in [9.17, 15) is 13.2 Å². The van der Waals surface area contributed by atoms with Crippen LogP contribution in [0.2, 0.25) is 0 Å². The molecule has 0 aromatic carbocycles. The molecule has 134 valence electrons. The van der Waals surface area contributed by atoms with E-state index >= 15 is 0 Å². The van der Waals surface area contributed by atoms with Gasteiger partial charge >= 0.3 is 6.18 Å². The molecule has 0 radical (unpaired) electrons. The first-order valence-electron chi connectivity index (χ1n) is 7.95. The van der Waals surface area contributed by atoms with Gasteiger partial charge in [0.15, 0.2) is 0 Å². The summed E-state index contributed by atoms with van der Waals surface area (Å²) in [5, 5.41) is 3.96. The number of hydrogen-bond acceptors (Lipinski definition) is 5. The van der Waals surface area contributed by atoms with E-state index < -0.39 is 12.6 Å². The summed E-state index contributed by atoms with van der Waals surface area (Å²) in [5.74, 6) is 0.683. The molecule has 2 heterocycles. The molecule has 0 amide bonds. The van der Waals surface area contributed by atoms with E-state index in [1.807, 2.05) is 19.0 Å². The SMILES string of the molecule is CCC(CC(C)N(C)c1ncnc2sc(CC(F)(F)F)cc12)NC. The van der Waals surface area contributed by atoms with E-state index in [4.69, 9.17) is 0 Å². The highest BCUT2D eigenvalue weighted by molar-refractivity contribution is 7.18. The number of rotatable bonds is 7. The highest BCUT2D eigenvalue weighted by Crippen LogP contribution is 2.34. The lowest BCUT2D eigenvalue weighted by Crippen LogP contribution is -2.37. The summed E-state index contributed by atoms with van der Waals surface area (Å²) in [7, 11) is 3.86. The molecule has 0 bridgehead atoms. The van der Waals surface area contributed by atoms with E-state index in [1.165, 1.54) is 6.33 Å². The van der Waals surface area contributed by atoms with E-state index in [0.29, 0.717) is 22.1 Å². The van der Waals surface area contributed by atoms with Gasteiger partial charge in [-0.3, -0.25) is 0 Å². The predicted molar refractivity (Wildman–Crippen MR) is 92.8 cm³/mol. The Morgan fingerprint density at radius 2 is 2.04 bits per heavy atom. The minimum atomic E-state index is -4.21. The first kappa shape index (κ1) is 18.9. The number of aromatic nitrogens is 2. The number of nitrogens with zero attached hydrogens (tertiary/aromatic N) is 3. The largest absolute Gasteiger partial charge is 0.393 e. The molecule has 4 nitrogen and oxygen atoms in total. The standard InChI is InChI=1S/C16H23F3N4S/c1-5-11(20-3)6-10(2)23(4)14-13-7-12(8-16(17,18)19)24-15(13)22-9-21-14/h7,9-11,20H,5-6,8H2,1-4H3. The topological polar surface area (TPSA) is 41.1 Å². The maximum atomic E-state index is 12.6. The van der Waals surface area contributed by atoms with Crippen LogP contribution in [0.15, 0.2) is 12.4 Å². The molecule has 24 heavy (non-hydrogen) atoms. The monoisotopic (exact) mass is 360 g/mol. The summed E-state index contributed by atoms with van der Waals surface area (Å²) in [6.45, 7) is 4.22. The Bertz CT molecular complexity index is 667. The van der Waals surface area contributed by atoms with Gasteiger partial charge in [0.1, 0.15) is 17.0 Å². The molecule has 2 aromatic heterocycles. The van der Waals surface area contributed by atoms with Crippen LogP contribution < -0.4 is 10.2 Å². The molecule has 0 fully saturated rings. The maximum Gasteiger partial charge on any atom is 0.393 e. The first-order valence-corrected chi connectivity index (χ1v) is 8.77. The lowest BCUT2D eigenvalue weighted by atomic mass is 10.1. The zero-order chi connectivity index (χ0) is 17.9. The molecule has 0 aliphatic heterocycles. The third-order valence-electron chi connectivity index (χ3n) is 4.26. The average Bonchev–Trinajstić information content (AvgIpc) is 2.91. The Kier molecular flexibility index (Phi) is 6.03. The highest BCUT2D eigenvalue weighted by Gasteiger charge is 2.29. The second-order valence-corrected chi connectivity index (χ2v) is 7.13. The van der Waals surface area contributed by atoms with Crippen LogP contribution in [0.3, 0.4) is 0 Å². The van der Waals surface area contributed by atoms with Crippen LogP contribution in [0.25, 0.3) is 10.2 Å². The number of thiophene rings is 1. The molecule has 0 saturated carbocycles. The number of nitrogens with one attached hydrogen (secondary N) is 1. The summed E-state index contributed by atoms with van der Waals surface area (Å²) < 4.78 is 37.9. The fourth-order valence-corrected chi connectivity index (χ4v) is 3.75. The second-order valence-electron chi connectivity index (χ2n) is 6.01. The molecule has 2 aromatic rings. The number of halogens is 3. The van der Waals surface area contributed by atoms with Gasteiger partial charge in [-0.05, 0) is 32.9 Å². The highest BCUT2D eigenvalue weighted by atomic mass is 32.1. The zero-order valence-electron chi connectivity index (χ0n) is 14.3. The van der Waals surface area contributed by atoms with E-state index in [-0.39, 0.29) is 10.9 Å². The molecular weight excluding hydrogens is 337 g/mol. The van der Waals surface area contributed by atoms with E-state index in [1.54, 1.807) is 6.07 Å². The normalized spacial score (nSPS) is 14.8. The van der Waals surface area contributed by atoms with Crippen LogP contribution in [-0.2, 0) is 6.42 Å². The third-order valence-corrected chi connectivity index (χ3v) is 5.30. The van der Waals surface area contributed by atoms with Gasteiger partial charge in [-0.2, -0.15) is 13.2 Å². The molecule has 8 heteroatoms. The first-order chi connectivity index (χ1) is 11.2. The molecule has 0 aliphatic carbocycles. The predicted octanol–water partition coefficient (Wildman–Crippen LogP) is 4.01. The summed E-state index contributed by atoms with van der Waals surface area (Å²) in [5.41, 5.74) is 0. The van der Waals surface area contributed by atoms with Crippen LogP contribution in [0.1, 0.15) is 31.6 Å². The molecule has 2 unspecified atom stereocenters. The molecule has 2 rings (SSSR count). The number of fused-ring (bicyclic) bond motifs is 1. The fourth-order valence-electron chi connectivity index (χ4n) is 2.73. The van der Waals surface area contributed by atoms with Crippen molar-refractivity contribution in [1.29, 1.82) is 0 Å². The van der Waals surface area contributed by atoms with Crippen molar-refractivity contribution in [3.8, 4) is 0 Å². The smallest absolute Gasteiger partial charge is 0.356 e. The average molecular weight is 360 g/mol. The fraction of sp³-hybridized carbons (Fsp3) is 0.625. The molecule has 2 atom stereocenters. The van der Waals surface area contributed by atoms with Gasteiger partial charge in [-0.15, -0.1) is 11.3 Å². The van der Waals surface area contributed by atoms with Crippen LogP contribution >= 0.6 is 11.3 Å². The van der Waals surface area contributed by atoms with E-state index in [2.05, 4.69) is 29.1 Å². The van der Waals surface area contributed by atoms with Gasteiger partial charge in [-0.1, -0.05) is 6.92 Å². The van der Waals surface area contributed by atoms with Gasteiger partial charge in [-0.25, -0.2) is 9.97 Å². The summed E-state index contributed by atoms with van der Waals surface area (Å²) in [6.07, 6.45) is -1.78. The van der Waals surface area contributed by atoms with Crippen molar-refractivity contribution >= 4 is 27.4 Å². The van der Waals surface area contributed by atoms with Crippen molar-refractivity contribution in [3.05, 3.63) is 17.3 Å². The number of hydrogen-bond donors (Lipinski definition) is 1. The Balaban J connectivity index is 2.27. The summed E-state index contributed by atoms with van der Waals surface area (Å²) in [4.78, 5) is 11.3. The minimum Gasteiger partial charge on any atom is -0.356 e. The maximum absolute atomic E-state index is 12.6. The Morgan fingerprint density at radius 1 is 1.33 bits per heavy atom. The quantitative estimate of drug-likeness (QED) is 0.810. The van der Waals surface area contributed by atoms with Crippen LogP contribution in [-0.4, -0.2) is 42.3 Å². The Labute approximate surface area is 144 Å². The third kappa shape index (κ3) is 4.57. The number of anilines is 1. The Morgan fingerprint density at radius 3 is 2.62 bits per heavy atom. The molecule has 0 aliphatic rings. The van der Waals surface area contributed by atoms with Gasteiger partial charge in [0.05, 0.1) is 11.8 Å². The van der Waals surface area contributed by atoms with Crippen molar-refractivity contribution in [3.63, 3.8) is 0 Å². The number of alkyl halides is 3. The zero-order valence-corrected chi connectivity index (χ0v) is 15.1. The minimum absolute atomic E-state index is 0.200. The van der Waals surface area contributed by atoms with Gasteiger partial charge in [0.2, 0.25) is 0 Å². The lowest BCUT2D eigenvalue weighted by Gasteiger charge is -2.29. The van der Waals surface area contributed by atoms with Crippen molar-refractivity contribution in [1.82, 2.24) is 15.3 Å². The van der Waals surface area contributed by atoms with Crippen LogP contribution in [0, 0.1) is 0 Å². The van der Waals surface area contributed by atoms with Gasteiger partial charge in [0, 0.05) is 24.0 Å². The Hall–Kier alpha value is -1.41. The molecule has 0 saturated heterocycles. The van der Waals surface area contributed by atoms with Gasteiger partial charge < -0.3 is 10.2 Å². The van der Waals surface area contributed by atoms with E-state index in [0.717, 1.165) is 24.2 Å². The van der Waals surface area contributed by atoms with Crippen molar-refractivity contribution < 1.29 is 13.2 Å². The van der Waals surface area contributed by atoms with Crippen LogP contribution in [0.4, 0.5) is 19.0 Å². The lowest BCUT2D eigenvalue weighted by molar-refractivity contribution is -0.126. The van der Waals surface area contributed by atoms with Gasteiger partial charge in [0.25, 0.3) is 0 Å². The second kappa shape index (κ2) is 7.65. The van der Waals surface area contributed by atoms with Crippen molar-refractivity contribution in [2.75, 3.05) is 19.0 Å². The van der Waals surface area contributed by atoms with Crippen molar-refractivity contribution in [2.24, 2.45) is 0 Å². The van der Waals surface area contributed by atoms with Crippen LogP contribution in [0.5, 0.6) is 0 Å². The molecule has 1 N–H and O–H groups in total. The summed E-state index contributed by atoms with van der Waals surface area (Å²) in [6, 6.07) is 2.16. The molecule has 0 spiro atoms.